The summed E-state index contributed by atoms with van der Waals surface area (Å²) >= 11 is 0. The molecule has 1 aromatic carbocycles. The van der Waals surface area contributed by atoms with E-state index in [1.807, 2.05) is 0 Å². The Labute approximate surface area is 110 Å². The largest absolute Gasteiger partial charge is 0.354 e. The zero-order valence-electron chi connectivity index (χ0n) is 10.5. The second-order valence-electron chi connectivity index (χ2n) is 5.00. The number of rotatable bonds is 1. The van der Waals surface area contributed by atoms with Crippen LogP contribution in [0.2, 0.25) is 0 Å². The lowest BCUT2D eigenvalue weighted by Gasteiger charge is -2.25. The van der Waals surface area contributed by atoms with Crippen LogP contribution >= 0.6 is 0 Å². The predicted octanol–water partition coefficient (Wildman–Crippen LogP) is 1.45. The van der Waals surface area contributed by atoms with Gasteiger partial charge in [-0.2, -0.15) is 0 Å². The van der Waals surface area contributed by atoms with Gasteiger partial charge in [0.2, 0.25) is 5.91 Å². The van der Waals surface area contributed by atoms with Gasteiger partial charge in [-0.3, -0.25) is 9.59 Å². The maximum absolute atomic E-state index is 13.7. The number of benzene rings is 1. The third kappa shape index (κ3) is 1.99. The molecule has 1 N–H and O–H groups in total. The van der Waals surface area contributed by atoms with Crippen molar-refractivity contribution < 1.29 is 14.0 Å². The fraction of sp³-hybridized carbons (Fsp3) is 0.429. The lowest BCUT2D eigenvalue weighted by Crippen LogP contribution is -2.45. The molecule has 1 aromatic rings. The van der Waals surface area contributed by atoms with Crippen molar-refractivity contribution in [3.05, 3.63) is 35.1 Å². The van der Waals surface area contributed by atoms with Crippen molar-refractivity contribution in [2.45, 2.75) is 31.8 Å². The van der Waals surface area contributed by atoms with Crippen LogP contribution in [-0.2, 0) is 11.3 Å². The van der Waals surface area contributed by atoms with E-state index in [-0.39, 0.29) is 24.2 Å². The van der Waals surface area contributed by atoms with Crippen LogP contribution in [-0.4, -0.2) is 29.3 Å². The van der Waals surface area contributed by atoms with Crippen LogP contribution in [0.5, 0.6) is 0 Å². The van der Waals surface area contributed by atoms with Gasteiger partial charge in [0.1, 0.15) is 11.9 Å². The Bertz CT molecular complexity index is 544. The molecule has 3 rings (SSSR count). The Morgan fingerprint density at radius 2 is 2.11 bits per heavy atom. The summed E-state index contributed by atoms with van der Waals surface area (Å²) in [5, 5.41) is 2.81. The van der Waals surface area contributed by atoms with Crippen molar-refractivity contribution in [1.29, 1.82) is 0 Å². The van der Waals surface area contributed by atoms with Crippen molar-refractivity contribution >= 4 is 11.8 Å². The highest BCUT2D eigenvalue weighted by Crippen LogP contribution is 2.28. The zero-order valence-corrected chi connectivity index (χ0v) is 10.5. The molecule has 5 heteroatoms. The Morgan fingerprint density at radius 3 is 2.89 bits per heavy atom. The van der Waals surface area contributed by atoms with Crippen molar-refractivity contribution in [3.8, 4) is 0 Å². The number of carbonyl (C=O) groups is 2. The van der Waals surface area contributed by atoms with E-state index < -0.39 is 6.04 Å². The number of hydrogen-bond donors (Lipinski definition) is 1. The van der Waals surface area contributed by atoms with Gasteiger partial charge in [0.05, 0.1) is 6.54 Å². The average Bonchev–Trinajstić information content (AvgIpc) is 2.59. The van der Waals surface area contributed by atoms with Crippen molar-refractivity contribution in [1.82, 2.24) is 10.2 Å². The molecule has 1 fully saturated rings. The normalized spacial score (nSPS) is 23.0. The SMILES string of the molecule is O=C1NCCCC[C@@H]1N1Cc2c(F)cccc2C1=O. The van der Waals surface area contributed by atoms with E-state index in [0.717, 1.165) is 12.8 Å². The average molecular weight is 262 g/mol. The van der Waals surface area contributed by atoms with Gasteiger partial charge in [-0.1, -0.05) is 6.07 Å². The number of fused-ring (bicyclic) bond motifs is 1. The molecule has 0 unspecified atom stereocenters. The van der Waals surface area contributed by atoms with Gasteiger partial charge in [-0.05, 0) is 31.4 Å². The highest BCUT2D eigenvalue weighted by molar-refractivity contribution is 6.01. The summed E-state index contributed by atoms with van der Waals surface area (Å²) in [4.78, 5) is 25.8. The zero-order chi connectivity index (χ0) is 13.4. The van der Waals surface area contributed by atoms with Crippen LogP contribution < -0.4 is 5.32 Å². The minimum Gasteiger partial charge on any atom is -0.354 e. The van der Waals surface area contributed by atoms with Crippen molar-refractivity contribution in [3.63, 3.8) is 0 Å². The third-order valence-corrected chi connectivity index (χ3v) is 3.82. The highest BCUT2D eigenvalue weighted by atomic mass is 19.1. The maximum atomic E-state index is 13.7. The number of hydrogen-bond acceptors (Lipinski definition) is 2. The first-order valence-electron chi connectivity index (χ1n) is 6.54. The molecule has 0 saturated carbocycles. The summed E-state index contributed by atoms with van der Waals surface area (Å²) in [5.41, 5.74) is 0.793. The minimum absolute atomic E-state index is 0.126. The fourth-order valence-corrected chi connectivity index (χ4v) is 2.79. The van der Waals surface area contributed by atoms with Crippen LogP contribution in [0.1, 0.15) is 35.2 Å². The first-order valence-corrected chi connectivity index (χ1v) is 6.54. The van der Waals surface area contributed by atoms with Gasteiger partial charge in [0, 0.05) is 17.7 Å². The number of carbonyl (C=O) groups excluding carboxylic acids is 2. The summed E-state index contributed by atoms with van der Waals surface area (Å²) in [6.45, 7) is 0.845. The highest BCUT2D eigenvalue weighted by Gasteiger charge is 2.37. The van der Waals surface area contributed by atoms with Gasteiger partial charge in [-0.15, -0.1) is 0 Å². The topological polar surface area (TPSA) is 49.4 Å². The molecule has 2 aliphatic rings. The fourth-order valence-electron chi connectivity index (χ4n) is 2.79. The molecule has 0 bridgehead atoms. The van der Waals surface area contributed by atoms with E-state index in [1.54, 1.807) is 6.07 Å². The summed E-state index contributed by atoms with van der Waals surface area (Å²) < 4.78 is 13.7. The quantitative estimate of drug-likeness (QED) is 0.832. The maximum Gasteiger partial charge on any atom is 0.255 e. The smallest absolute Gasteiger partial charge is 0.255 e. The van der Waals surface area contributed by atoms with E-state index in [1.165, 1.54) is 17.0 Å². The number of nitrogens with one attached hydrogen (secondary N) is 1. The molecule has 0 spiro atoms. The first-order chi connectivity index (χ1) is 9.18. The second-order valence-corrected chi connectivity index (χ2v) is 5.00. The molecule has 1 saturated heterocycles. The monoisotopic (exact) mass is 262 g/mol. The molecule has 4 nitrogen and oxygen atoms in total. The van der Waals surface area contributed by atoms with E-state index in [4.69, 9.17) is 0 Å². The number of amides is 2. The van der Waals surface area contributed by atoms with Crippen LogP contribution in [0.4, 0.5) is 4.39 Å². The third-order valence-electron chi connectivity index (χ3n) is 3.82. The van der Waals surface area contributed by atoms with Crippen molar-refractivity contribution in [2.75, 3.05) is 6.54 Å². The van der Waals surface area contributed by atoms with Crippen molar-refractivity contribution in [2.24, 2.45) is 0 Å². The molecule has 0 aliphatic carbocycles. The lowest BCUT2D eigenvalue weighted by atomic mass is 10.1. The van der Waals surface area contributed by atoms with Crippen LogP contribution in [0, 0.1) is 5.82 Å². The van der Waals surface area contributed by atoms with Crippen LogP contribution in [0.3, 0.4) is 0 Å². The summed E-state index contributed by atoms with van der Waals surface area (Å²) in [6, 6.07) is 4.03. The standard InChI is InChI=1S/C14H15FN2O2/c15-11-5-3-4-9-10(11)8-17(14(9)19)12-6-1-2-7-16-13(12)18/h3-5,12H,1-2,6-8H2,(H,16,18)/t12-/m0/s1. The molecule has 2 amide bonds. The van der Waals surface area contributed by atoms with E-state index >= 15 is 0 Å². The lowest BCUT2D eigenvalue weighted by molar-refractivity contribution is -0.125. The van der Waals surface area contributed by atoms with Gasteiger partial charge < -0.3 is 10.2 Å². The Hall–Kier alpha value is -1.91. The summed E-state index contributed by atoms with van der Waals surface area (Å²) in [5.74, 6) is -0.738. The van der Waals surface area contributed by atoms with E-state index in [9.17, 15) is 14.0 Å². The Balaban J connectivity index is 1.90. The van der Waals surface area contributed by atoms with Gasteiger partial charge in [-0.25, -0.2) is 4.39 Å². The molecule has 0 aromatic heterocycles. The van der Waals surface area contributed by atoms with Gasteiger partial charge in [0.15, 0.2) is 0 Å². The van der Waals surface area contributed by atoms with Gasteiger partial charge >= 0.3 is 0 Å². The minimum atomic E-state index is -0.471. The molecule has 2 heterocycles. The van der Waals surface area contributed by atoms with E-state index in [0.29, 0.717) is 24.1 Å². The molecular formula is C14H15FN2O2. The first kappa shape index (κ1) is 12.1. The predicted molar refractivity (Wildman–Crippen MR) is 66.9 cm³/mol. The molecule has 1 atom stereocenters. The molecule has 19 heavy (non-hydrogen) atoms. The molecule has 0 radical (unpaired) electrons. The Morgan fingerprint density at radius 1 is 1.26 bits per heavy atom. The van der Waals surface area contributed by atoms with E-state index in [2.05, 4.69) is 5.32 Å². The number of halogens is 1. The Kier molecular flexibility index (Phi) is 2.97. The number of nitrogens with zero attached hydrogens (tertiary/aromatic N) is 1. The van der Waals surface area contributed by atoms with Crippen LogP contribution in [0.15, 0.2) is 18.2 Å². The molecular weight excluding hydrogens is 247 g/mol. The van der Waals surface area contributed by atoms with Gasteiger partial charge in [0.25, 0.3) is 5.91 Å². The summed E-state index contributed by atoms with van der Waals surface area (Å²) in [7, 11) is 0. The molecule has 100 valence electrons. The summed E-state index contributed by atoms with van der Waals surface area (Å²) in [6.07, 6.45) is 2.46. The molecule has 2 aliphatic heterocycles. The van der Waals surface area contributed by atoms with Crippen LogP contribution in [0.25, 0.3) is 0 Å². The second kappa shape index (κ2) is 4.64.